The van der Waals surface area contributed by atoms with Crippen LogP contribution < -0.4 is 5.32 Å². The second kappa shape index (κ2) is 9.77. The maximum Gasteiger partial charge on any atom is 0.410 e. The van der Waals surface area contributed by atoms with Gasteiger partial charge in [0.05, 0.1) is 0 Å². The van der Waals surface area contributed by atoms with E-state index in [1.165, 1.54) is 22.3 Å². The van der Waals surface area contributed by atoms with E-state index in [0.717, 1.165) is 55.4 Å². The van der Waals surface area contributed by atoms with Crippen LogP contribution in [0.25, 0.3) is 0 Å². The van der Waals surface area contributed by atoms with E-state index >= 15 is 0 Å². The second-order valence-electron chi connectivity index (χ2n) is 8.88. The molecule has 2 aliphatic rings. The molecule has 0 bridgehead atoms. The third-order valence-electron chi connectivity index (χ3n) is 5.47. The van der Waals surface area contributed by atoms with Crippen molar-refractivity contribution in [2.75, 3.05) is 18.4 Å². The molecule has 6 nitrogen and oxygen atoms in total. The number of fused-ring (bicyclic) bond motifs is 2. The summed E-state index contributed by atoms with van der Waals surface area (Å²) in [6.45, 7) is 8.61. The lowest BCUT2D eigenvalue weighted by Crippen LogP contribution is -2.37. The zero-order valence-corrected chi connectivity index (χ0v) is 19.4. The first kappa shape index (κ1) is 22.5. The molecular weight excluding hydrogens is 398 g/mol. The van der Waals surface area contributed by atoms with E-state index in [-0.39, 0.29) is 12.1 Å². The van der Waals surface area contributed by atoms with Gasteiger partial charge in [-0.15, -0.1) is 4.36 Å². The molecule has 0 aromatic heterocycles. The minimum absolute atomic E-state index is 0.315. The van der Waals surface area contributed by atoms with Gasteiger partial charge in [0.2, 0.25) is 0 Å². The first-order valence-electron chi connectivity index (χ1n) is 10.9. The van der Waals surface area contributed by atoms with Crippen molar-refractivity contribution < 1.29 is 14.3 Å². The first-order valence-corrected chi connectivity index (χ1v) is 11.8. The predicted molar refractivity (Wildman–Crippen MR) is 123 cm³/mol. The molecular formula is C23H33N3O3S. The van der Waals surface area contributed by atoms with Gasteiger partial charge in [0, 0.05) is 18.8 Å². The average molecular weight is 432 g/mol. The number of anilines is 1. The third-order valence-corrected chi connectivity index (χ3v) is 6.12. The molecule has 7 heteroatoms. The molecule has 0 fully saturated rings. The lowest BCUT2D eigenvalue weighted by molar-refractivity contribution is 0.0266. The molecule has 3 amide bonds. The van der Waals surface area contributed by atoms with Crippen LogP contribution >= 0.6 is 0 Å². The molecule has 1 aromatic carbocycles. The van der Waals surface area contributed by atoms with Crippen LogP contribution in [0.2, 0.25) is 0 Å². The normalized spacial score (nSPS) is 14.5. The quantitative estimate of drug-likeness (QED) is 0.673. The molecule has 0 saturated heterocycles. The maximum absolute atomic E-state index is 12.4. The van der Waals surface area contributed by atoms with Crippen LogP contribution in [0.5, 0.6) is 0 Å². The Balaban J connectivity index is 1.57. The van der Waals surface area contributed by atoms with Crippen molar-refractivity contribution in [3.63, 3.8) is 0 Å². The Morgan fingerprint density at radius 1 is 1.17 bits per heavy atom. The Labute approximate surface area is 183 Å². The largest absolute Gasteiger partial charge is 0.444 e. The van der Waals surface area contributed by atoms with E-state index in [0.29, 0.717) is 19.5 Å². The summed E-state index contributed by atoms with van der Waals surface area (Å²) in [4.78, 5) is 26.2. The van der Waals surface area contributed by atoms with Gasteiger partial charge in [-0.05, 0) is 111 Å². The Morgan fingerprint density at radius 3 is 2.37 bits per heavy atom. The summed E-state index contributed by atoms with van der Waals surface area (Å²) in [6.07, 6.45) is 6.92. The van der Waals surface area contributed by atoms with Gasteiger partial charge in [-0.3, -0.25) is 0 Å². The van der Waals surface area contributed by atoms with Crippen LogP contribution in [-0.4, -0.2) is 41.1 Å². The highest BCUT2D eigenvalue weighted by Crippen LogP contribution is 2.38. The number of rotatable bonds is 5. The number of nitrogens with zero attached hydrogens (tertiary/aromatic N) is 2. The number of carbonyl (C=O) groups is 2. The van der Waals surface area contributed by atoms with Crippen LogP contribution in [0, 0.1) is 0 Å². The topological polar surface area (TPSA) is 71.0 Å². The molecule has 30 heavy (non-hydrogen) atoms. The smallest absolute Gasteiger partial charge is 0.410 e. The van der Waals surface area contributed by atoms with Crippen molar-refractivity contribution in [3.05, 3.63) is 28.3 Å². The molecule has 1 N–H and O–H groups in total. The van der Waals surface area contributed by atoms with E-state index in [9.17, 15) is 9.59 Å². The Hall–Kier alpha value is -2.15. The van der Waals surface area contributed by atoms with Gasteiger partial charge in [0.25, 0.3) is 0 Å². The molecule has 0 aliphatic heterocycles. The van der Waals surface area contributed by atoms with E-state index in [4.69, 9.17) is 4.74 Å². The van der Waals surface area contributed by atoms with Crippen LogP contribution in [-0.2, 0) is 41.6 Å². The van der Waals surface area contributed by atoms with Crippen molar-refractivity contribution in [2.24, 2.45) is 4.36 Å². The number of benzene rings is 1. The van der Waals surface area contributed by atoms with Crippen molar-refractivity contribution in [2.45, 2.75) is 78.2 Å². The van der Waals surface area contributed by atoms with Crippen molar-refractivity contribution in [1.29, 1.82) is 0 Å². The van der Waals surface area contributed by atoms with Gasteiger partial charge in [-0.2, -0.15) is 0 Å². The van der Waals surface area contributed by atoms with E-state index in [1.54, 1.807) is 4.90 Å². The SMILES string of the molecule is CCN(CCC=S=NC(=O)Nc1c2c(cc3c1CCC3)CCC2)C(=O)OC(C)(C)C. The van der Waals surface area contributed by atoms with Crippen LogP contribution in [0.3, 0.4) is 0 Å². The Kier molecular flexibility index (Phi) is 7.34. The summed E-state index contributed by atoms with van der Waals surface area (Å²) in [7, 11) is 0. The monoisotopic (exact) mass is 431 g/mol. The molecule has 2 aliphatic carbocycles. The number of nitrogens with one attached hydrogen (secondary N) is 1. The fraction of sp³-hybridized carbons (Fsp3) is 0.609. The Bertz CT molecular complexity index is 850. The van der Waals surface area contributed by atoms with Crippen LogP contribution in [0.4, 0.5) is 15.3 Å². The van der Waals surface area contributed by atoms with Crippen molar-refractivity contribution in [1.82, 2.24) is 4.90 Å². The highest BCUT2D eigenvalue weighted by Gasteiger charge is 2.25. The van der Waals surface area contributed by atoms with E-state index < -0.39 is 5.60 Å². The third kappa shape index (κ3) is 5.72. The number of amides is 3. The standard InChI is InChI=1S/C23H33N3O3S/c1-5-26(22(28)29-23(2,3)4)13-8-14-30-25-21(27)24-20-18-11-6-9-16(18)15-17-10-7-12-19(17)20/h14-15H,5-13H2,1-4H3,(H,24,27). The number of hydrogen-bond donors (Lipinski definition) is 1. The molecule has 0 atom stereocenters. The van der Waals surface area contributed by atoms with Crippen molar-refractivity contribution >= 4 is 34.3 Å². The summed E-state index contributed by atoms with van der Waals surface area (Å²) in [6, 6.07) is 2.04. The highest BCUT2D eigenvalue weighted by atomic mass is 32.1. The molecule has 1 aromatic rings. The predicted octanol–water partition coefficient (Wildman–Crippen LogP) is 4.91. The van der Waals surface area contributed by atoms with Crippen LogP contribution in [0.1, 0.15) is 69.2 Å². The summed E-state index contributed by atoms with van der Waals surface area (Å²) < 4.78 is 9.48. The van der Waals surface area contributed by atoms with Gasteiger partial charge in [-0.1, -0.05) is 6.07 Å². The fourth-order valence-electron chi connectivity index (χ4n) is 4.15. The number of aryl methyl sites for hydroxylation is 2. The summed E-state index contributed by atoms with van der Waals surface area (Å²) in [5.74, 6) is 0. The van der Waals surface area contributed by atoms with E-state index in [1.807, 2.05) is 33.1 Å². The summed E-state index contributed by atoms with van der Waals surface area (Å²) in [5.41, 5.74) is 5.93. The van der Waals surface area contributed by atoms with Gasteiger partial charge in [-0.25, -0.2) is 9.59 Å². The minimum atomic E-state index is -0.506. The molecule has 0 spiro atoms. The molecule has 164 valence electrons. The molecule has 0 heterocycles. The maximum atomic E-state index is 12.4. The minimum Gasteiger partial charge on any atom is -0.444 e. The number of hydrogen-bond acceptors (Lipinski definition) is 3. The van der Waals surface area contributed by atoms with Gasteiger partial charge in [0.1, 0.15) is 5.60 Å². The number of ether oxygens (including phenoxy) is 1. The van der Waals surface area contributed by atoms with Gasteiger partial charge >= 0.3 is 12.1 Å². The first-order chi connectivity index (χ1) is 14.3. The molecule has 3 rings (SSSR count). The average Bonchev–Trinajstić information content (AvgIpc) is 3.32. The van der Waals surface area contributed by atoms with E-state index in [2.05, 4.69) is 15.7 Å². The number of urea groups is 1. The lowest BCUT2D eigenvalue weighted by Gasteiger charge is -2.26. The number of carbonyl (C=O) groups excluding carboxylic acids is 2. The zero-order chi connectivity index (χ0) is 21.7. The van der Waals surface area contributed by atoms with Gasteiger partial charge < -0.3 is 15.0 Å². The lowest BCUT2D eigenvalue weighted by atomic mass is 9.99. The molecule has 0 radical (unpaired) electrons. The van der Waals surface area contributed by atoms with Gasteiger partial charge in [0.15, 0.2) is 0 Å². The van der Waals surface area contributed by atoms with Crippen molar-refractivity contribution in [3.8, 4) is 0 Å². The second-order valence-corrected chi connectivity index (χ2v) is 9.60. The highest BCUT2D eigenvalue weighted by molar-refractivity contribution is 7.67. The molecule has 0 saturated carbocycles. The summed E-state index contributed by atoms with van der Waals surface area (Å²) in [5, 5.41) is 4.92. The van der Waals surface area contributed by atoms with Crippen LogP contribution in [0.15, 0.2) is 10.4 Å². The summed E-state index contributed by atoms with van der Waals surface area (Å²) >= 11 is 1.13. The molecule has 0 unspecified atom stereocenters. The fourth-order valence-corrected chi connectivity index (χ4v) is 4.57. The Morgan fingerprint density at radius 2 is 1.80 bits per heavy atom. The zero-order valence-electron chi connectivity index (χ0n) is 18.5.